The molecule has 0 spiro atoms. The molecule has 0 bridgehead atoms. The maximum Gasteiger partial charge on any atom is 0.291 e. The molecule has 0 heterocycles. The van der Waals surface area contributed by atoms with Crippen molar-refractivity contribution in [2.75, 3.05) is 5.32 Å². The molecule has 12 heteroatoms. The van der Waals surface area contributed by atoms with Crippen molar-refractivity contribution in [1.82, 2.24) is 0 Å². The summed E-state index contributed by atoms with van der Waals surface area (Å²) in [5.41, 5.74) is -3.19. The maximum atomic E-state index is 13.5. The van der Waals surface area contributed by atoms with E-state index in [1.165, 1.54) is 0 Å². The largest absolute Gasteiger partial charge is 0.506 e. The first kappa shape index (κ1) is 18.4. The zero-order valence-corrected chi connectivity index (χ0v) is 12.3. The van der Waals surface area contributed by atoms with Gasteiger partial charge in [-0.15, -0.1) is 0 Å². The fraction of sp³-hybridized carbons (Fsp3) is 0. The number of hydrogen-bond acceptors (Lipinski definition) is 4. The number of aromatic hydroxyl groups is 1. The molecule has 0 aromatic heterocycles. The summed E-state index contributed by atoms with van der Waals surface area (Å²) >= 11 is 5.54. The highest BCUT2D eigenvalue weighted by molar-refractivity contribution is 6.33. The first-order chi connectivity index (χ1) is 11.6. The molecule has 0 saturated carbocycles. The number of phenols is 1. The van der Waals surface area contributed by atoms with Gasteiger partial charge in [-0.25, -0.2) is 22.0 Å². The quantitative estimate of drug-likeness (QED) is 0.210. The van der Waals surface area contributed by atoms with Gasteiger partial charge in [0.15, 0.2) is 23.3 Å². The molecule has 2 rings (SSSR count). The van der Waals surface area contributed by atoms with Crippen LogP contribution in [0.15, 0.2) is 12.1 Å². The molecule has 0 saturated heterocycles. The first-order valence-corrected chi connectivity index (χ1v) is 6.43. The lowest BCUT2D eigenvalue weighted by Crippen LogP contribution is -2.19. The summed E-state index contributed by atoms with van der Waals surface area (Å²) in [6.45, 7) is 0. The summed E-state index contributed by atoms with van der Waals surface area (Å²) < 4.78 is 66.2. The molecule has 132 valence electrons. The normalized spacial score (nSPS) is 10.6. The molecule has 0 unspecified atom stereocenters. The van der Waals surface area contributed by atoms with Crippen LogP contribution in [-0.2, 0) is 0 Å². The number of rotatable bonds is 3. The van der Waals surface area contributed by atoms with Gasteiger partial charge >= 0.3 is 0 Å². The smallest absolute Gasteiger partial charge is 0.291 e. The van der Waals surface area contributed by atoms with Crippen LogP contribution in [0.1, 0.15) is 10.4 Å². The average molecular weight is 383 g/mol. The van der Waals surface area contributed by atoms with Crippen LogP contribution >= 0.6 is 11.6 Å². The highest BCUT2D eigenvalue weighted by Gasteiger charge is 2.30. The number of nitro groups is 1. The SMILES string of the molecule is O=C(Nc1cc(Cl)c([N+](=O)[O-])cc1O)c1c(F)c(F)c(F)c(F)c1F. The number of nitro benzene ring substituents is 1. The van der Waals surface area contributed by atoms with Crippen LogP contribution in [-0.4, -0.2) is 15.9 Å². The first-order valence-electron chi connectivity index (χ1n) is 6.06. The number of phenolic OH excluding ortho intramolecular Hbond substituents is 1. The summed E-state index contributed by atoms with van der Waals surface area (Å²) in [5.74, 6) is -14.6. The Morgan fingerprint density at radius 1 is 1.04 bits per heavy atom. The van der Waals surface area contributed by atoms with E-state index in [0.29, 0.717) is 12.1 Å². The zero-order valence-electron chi connectivity index (χ0n) is 11.5. The Kier molecular flexibility index (Phi) is 4.79. The minimum atomic E-state index is -2.45. The predicted octanol–water partition coefficient (Wildman–Crippen LogP) is 3.90. The van der Waals surface area contributed by atoms with Crippen LogP contribution in [0.3, 0.4) is 0 Å². The number of nitrogens with one attached hydrogen (secondary N) is 1. The molecule has 25 heavy (non-hydrogen) atoms. The van der Waals surface area contributed by atoms with Crippen LogP contribution in [0, 0.1) is 39.2 Å². The van der Waals surface area contributed by atoms with Crippen LogP contribution in [0.2, 0.25) is 5.02 Å². The monoisotopic (exact) mass is 382 g/mol. The molecule has 0 atom stereocenters. The Morgan fingerprint density at radius 3 is 2.00 bits per heavy atom. The van der Waals surface area contributed by atoms with Crippen molar-refractivity contribution in [3.63, 3.8) is 0 Å². The van der Waals surface area contributed by atoms with Crippen molar-refractivity contribution in [2.24, 2.45) is 0 Å². The third-order valence-corrected chi connectivity index (χ3v) is 3.25. The third-order valence-electron chi connectivity index (χ3n) is 2.95. The summed E-state index contributed by atoms with van der Waals surface area (Å²) in [6.07, 6.45) is 0. The predicted molar refractivity (Wildman–Crippen MR) is 74.0 cm³/mol. The molecule has 1 amide bonds. The number of halogens is 6. The fourth-order valence-electron chi connectivity index (χ4n) is 1.78. The number of hydrogen-bond donors (Lipinski definition) is 2. The summed E-state index contributed by atoms with van der Waals surface area (Å²) in [4.78, 5) is 21.5. The lowest BCUT2D eigenvalue weighted by molar-refractivity contribution is -0.384. The molecule has 2 aromatic rings. The molecular weight excluding hydrogens is 379 g/mol. The Balaban J connectivity index is 2.49. The minimum Gasteiger partial charge on any atom is -0.506 e. The number of anilines is 1. The molecule has 6 nitrogen and oxygen atoms in total. The number of carbonyl (C=O) groups is 1. The second-order valence-corrected chi connectivity index (χ2v) is 4.88. The number of carbonyl (C=O) groups excluding carboxylic acids is 1. The van der Waals surface area contributed by atoms with E-state index >= 15 is 0 Å². The van der Waals surface area contributed by atoms with E-state index in [1.807, 2.05) is 0 Å². The van der Waals surface area contributed by atoms with Crippen LogP contribution in [0.5, 0.6) is 5.75 Å². The lowest BCUT2D eigenvalue weighted by Gasteiger charge is -2.10. The average Bonchev–Trinajstić information content (AvgIpc) is 2.54. The van der Waals surface area contributed by atoms with E-state index in [4.69, 9.17) is 11.6 Å². The summed E-state index contributed by atoms with van der Waals surface area (Å²) in [7, 11) is 0. The Hall–Kier alpha value is -2.95. The Bertz CT molecular complexity index is 893. The molecule has 0 fully saturated rings. The van der Waals surface area contributed by atoms with E-state index < -0.39 is 67.6 Å². The van der Waals surface area contributed by atoms with E-state index in [9.17, 15) is 42.0 Å². The second kappa shape index (κ2) is 6.51. The van der Waals surface area contributed by atoms with Gasteiger partial charge in [-0.1, -0.05) is 11.6 Å². The lowest BCUT2D eigenvalue weighted by atomic mass is 10.1. The highest BCUT2D eigenvalue weighted by atomic mass is 35.5. The van der Waals surface area contributed by atoms with Gasteiger partial charge in [0.25, 0.3) is 11.6 Å². The van der Waals surface area contributed by atoms with Gasteiger partial charge < -0.3 is 10.4 Å². The maximum absolute atomic E-state index is 13.5. The van der Waals surface area contributed by atoms with E-state index in [2.05, 4.69) is 0 Å². The van der Waals surface area contributed by atoms with Crippen molar-refractivity contribution in [3.05, 3.63) is 61.9 Å². The van der Waals surface area contributed by atoms with Crippen molar-refractivity contribution in [3.8, 4) is 5.75 Å². The number of nitrogens with zero attached hydrogens (tertiary/aromatic N) is 1. The van der Waals surface area contributed by atoms with Gasteiger partial charge in [0, 0.05) is 0 Å². The second-order valence-electron chi connectivity index (χ2n) is 4.48. The van der Waals surface area contributed by atoms with Gasteiger partial charge in [-0.3, -0.25) is 14.9 Å². The molecule has 0 aliphatic rings. The minimum absolute atomic E-state index is 0.524. The van der Waals surface area contributed by atoms with Gasteiger partial charge in [-0.05, 0) is 6.07 Å². The van der Waals surface area contributed by atoms with Crippen LogP contribution in [0.25, 0.3) is 0 Å². The molecule has 0 radical (unpaired) electrons. The molecule has 0 aliphatic carbocycles. The highest BCUT2D eigenvalue weighted by Crippen LogP contribution is 2.35. The van der Waals surface area contributed by atoms with E-state index in [0.717, 1.165) is 0 Å². The third kappa shape index (κ3) is 3.18. The number of amides is 1. The van der Waals surface area contributed by atoms with Crippen LogP contribution < -0.4 is 5.32 Å². The van der Waals surface area contributed by atoms with Crippen molar-refractivity contribution >= 4 is 28.9 Å². The Labute approximate surface area is 139 Å². The van der Waals surface area contributed by atoms with Crippen molar-refractivity contribution in [1.29, 1.82) is 0 Å². The van der Waals surface area contributed by atoms with Gasteiger partial charge in [0.05, 0.1) is 16.7 Å². The van der Waals surface area contributed by atoms with Gasteiger partial charge in [0.1, 0.15) is 16.3 Å². The molecular formula is C13H4ClF5N2O4. The van der Waals surface area contributed by atoms with Crippen molar-refractivity contribution < 1.29 is 36.8 Å². The molecule has 2 aromatic carbocycles. The molecule has 0 aliphatic heterocycles. The number of benzene rings is 2. The Morgan fingerprint density at radius 2 is 1.52 bits per heavy atom. The zero-order chi connectivity index (χ0) is 19.0. The fourth-order valence-corrected chi connectivity index (χ4v) is 2.01. The van der Waals surface area contributed by atoms with Gasteiger partial charge in [0.2, 0.25) is 5.82 Å². The van der Waals surface area contributed by atoms with E-state index in [-0.39, 0.29) is 0 Å². The van der Waals surface area contributed by atoms with Gasteiger partial charge in [-0.2, -0.15) is 0 Å². The van der Waals surface area contributed by atoms with Crippen molar-refractivity contribution in [2.45, 2.75) is 0 Å². The summed E-state index contributed by atoms with van der Waals surface area (Å²) in [5, 5.41) is 21.3. The van der Waals surface area contributed by atoms with E-state index in [1.54, 1.807) is 5.32 Å². The topological polar surface area (TPSA) is 92.5 Å². The standard InChI is InChI=1S/C13H4ClF5N2O4/c14-3-1-4(6(22)2-5(3)21(24)25)20-13(23)7-8(15)10(17)12(19)11(18)9(7)16/h1-2,22H,(H,20,23). The summed E-state index contributed by atoms with van der Waals surface area (Å²) in [6, 6.07) is 1.19. The molecule has 2 N–H and O–H groups in total. The van der Waals surface area contributed by atoms with Crippen LogP contribution in [0.4, 0.5) is 33.3 Å².